The van der Waals surface area contributed by atoms with Crippen LogP contribution in [-0.2, 0) is 0 Å². The molecule has 5 nitrogen and oxygen atoms in total. The zero-order valence-electron chi connectivity index (χ0n) is 13.7. The average molecular weight is 315 g/mol. The zero-order chi connectivity index (χ0) is 16.6. The molecule has 0 N–H and O–H groups in total. The normalized spacial score (nSPS) is 21.4. The molecule has 0 unspecified atom stereocenters. The van der Waals surface area contributed by atoms with Gasteiger partial charge >= 0.3 is 5.63 Å². The largest absolute Gasteiger partial charge is 0.493 e. The Morgan fingerprint density at radius 2 is 1.96 bits per heavy atom. The molecule has 1 aromatic heterocycles. The molecule has 122 valence electrons. The lowest BCUT2D eigenvalue weighted by molar-refractivity contribution is 0.0506. The van der Waals surface area contributed by atoms with Crippen LogP contribution in [0.4, 0.5) is 0 Å². The predicted molar refractivity (Wildman–Crippen MR) is 88.0 cm³/mol. The van der Waals surface area contributed by atoms with Gasteiger partial charge in [-0.05, 0) is 45.2 Å². The summed E-state index contributed by atoms with van der Waals surface area (Å²) in [5, 5.41) is 0.685. The summed E-state index contributed by atoms with van der Waals surface area (Å²) in [5.74, 6) is 0.237. The van der Waals surface area contributed by atoms with E-state index in [1.165, 1.54) is 7.11 Å². The molecular formula is C18H21NO4. The van der Waals surface area contributed by atoms with E-state index in [0.29, 0.717) is 16.7 Å². The highest BCUT2D eigenvalue weighted by atomic mass is 16.5. The number of hydrogen-bond donors (Lipinski definition) is 0. The third-order valence-corrected chi connectivity index (χ3v) is 4.60. The van der Waals surface area contributed by atoms with Crippen molar-refractivity contribution in [3.8, 4) is 5.75 Å². The lowest BCUT2D eigenvalue weighted by Gasteiger charge is -2.38. The van der Waals surface area contributed by atoms with Gasteiger partial charge in [-0.1, -0.05) is 12.1 Å². The Balaban J connectivity index is 2.07. The number of likely N-dealkylation sites (tertiary alicyclic amines) is 1. The van der Waals surface area contributed by atoms with Crippen molar-refractivity contribution in [1.29, 1.82) is 0 Å². The summed E-state index contributed by atoms with van der Waals surface area (Å²) < 4.78 is 10.6. The predicted octanol–water partition coefficient (Wildman–Crippen LogP) is 3.20. The molecule has 2 atom stereocenters. The molecule has 0 aliphatic carbocycles. The smallest absolute Gasteiger partial charge is 0.349 e. The fraction of sp³-hybridized carbons (Fsp3) is 0.444. The van der Waals surface area contributed by atoms with E-state index in [9.17, 15) is 9.59 Å². The maximum Gasteiger partial charge on any atom is 0.349 e. The number of hydrogen-bond acceptors (Lipinski definition) is 4. The molecule has 1 aromatic carbocycles. The Morgan fingerprint density at radius 1 is 1.26 bits per heavy atom. The summed E-state index contributed by atoms with van der Waals surface area (Å²) in [6, 6.07) is 7.21. The van der Waals surface area contributed by atoms with Crippen LogP contribution < -0.4 is 10.4 Å². The van der Waals surface area contributed by atoms with E-state index in [4.69, 9.17) is 9.15 Å². The lowest BCUT2D eigenvalue weighted by atomic mass is 9.96. The maximum atomic E-state index is 12.9. The second kappa shape index (κ2) is 6.07. The second-order valence-electron chi connectivity index (χ2n) is 6.17. The van der Waals surface area contributed by atoms with Crippen molar-refractivity contribution >= 4 is 16.9 Å². The second-order valence-corrected chi connectivity index (χ2v) is 6.17. The van der Waals surface area contributed by atoms with E-state index in [2.05, 4.69) is 0 Å². The van der Waals surface area contributed by atoms with Gasteiger partial charge in [-0.2, -0.15) is 0 Å². The molecule has 0 bridgehead atoms. The van der Waals surface area contributed by atoms with Crippen molar-refractivity contribution in [2.45, 2.75) is 45.2 Å². The molecule has 0 spiro atoms. The standard InChI is InChI=1S/C18H21NO4/c1-11-6-4-7-12(2)19(11)17(20)14-10-13-8-5-9-15(22-3)16(13)23-18(14)21/h5,8-12H,4,6-7H2,1-3H3/t11-,12-/m1/s1. The van der Waals surface area contributed by atoms with Gasteiger partial charge in [0, 0.05) is 17.5 Å². The minimum atomic E-state index is -0.614. The summed E-state index contributed by atoms with van der Waals surface area (Å²) in [4.78, 5) is 27.0. The third kappa shape index (κ3) is 2.71. The van der Waals surface area contributed by atoms with Crippen LogP contribution in [0.2, 0.25) is 0 Å². The summed E-state index contributed by atoms with van der Waals surface area (Å²) >= 11 is 0. The van der Waals surface area contributed by atoms with Crippen LogP contribution >= 0.6 is 0 Å². The zero-order valence-corrected chi connectivity index (χ0v) is 13.7. The van der Waals surface area contributed by atoms with E-state index in [-0.39, 0.29) is 23.6 Å². The van der Waals surface area contributed by atoms with Crippen molar-refractivity contribution in [3.05, 3.63) is 40.2 Å². The van der Waals surface area contributed by atoms with Crippen LogP contribution in [0.3, 0.4) is 0 Å². The highest BCUT2D eigenvalue weighted by Crippen LogP contribution is 2.27. The SMILES string of the molecule is COc1cccc2cc(C(=O)N3[C@H](C)CCC[C@H]3C)c(=O)oc12. The Labute approximate surface area is 134 Å². The number of methoxy groups -OCH3 is 1. The van der Waals surface area contributed by atoms with Crippen molar-refractivity contribution in [3.63, 3.8) is 0 Å². The first-order valence-corrected chi connectivity index (χ1v) is 7.96. The number of nitrogens with zero attached hydrogens (tertiary/aromatic N) is 1. The Bertz CT molecular complexity index is 785. The number of benzene rings is 1. The van der Waals surface area contributed by atoms with Gasteiger partial charge in [-0.25, -0.2) is 4.79 Å². The molecule has 3 rings (SSSR count). The van der Waals surface area contributed by atoms with Crippen LogP contribution in [0.15, 0.2) is 33.5 Å². The molecular weight excluding hydrogens is 294 g/mol. The number of carbonyl (C=O) groups is 1. The van der Waals surface area contributed by atoms with E-state index in [1.807, 2.05) is 24.8 Å². The van der Waals surface area contributed by atoms with E-state index in [0.717, 1.165) is 19.3 Å². The lowest BCUT2D eigenvalue weighted by Crippen LogP contribution is -2.48. The summed E-state index contributed by atoms with van der Waals surface area (Å²) in [6.45, 7) is 4.05. The Kier molecular flexibility index (Phi) is 4.11. The molecule has 1 saturated heterocycles. The number of piperidine rings is 1. The van der Waals surface area contributed by atoms with Crippen LogP contribution in [0.25, 0.3) is 11.0 Å². The first kappa shape index (κ1) is 15.6. The Morgan fingerprint density at radius 3 is 2.61 bits per heavy atom. The van der Waals surface area contributed by atoms with Gasteiger partial charge in [0.1, 0.15) is 5.56 Å². The number of amides is 1. The van der Waals surface area contributed by atoms with Gasteiger partial charge in [0.05, 0.1) is 7.11 Å². The maximum absolute atomic E-state index is 12.9. The number of fused-ring (bicyclic) bond motifs is 1. The highest BCUT2D eigenvalue weighted by molar-refractivity contribution is 5.97. The topological polar surface area (TPSA) is 59.8 Å². The monoisotopic (exact) mass is 315 g/mol. The minimum absolute atomic E-state index is 0.0892. The van der Waals surface area contributed by atoms with Crippen molar-refractivity contribution in [2.24, 2.45) is 0 Å². The van der Waals surface area contributed by atoms with Crippen LogP contribution in [0, 0.1) is 0 Å². The van der Waals surface area contributed by atoms with Crippen molar-refractivity contribution in [2.75, 3.05) is 7.11 Å². The van der Waals surface area contributed by atoms with Gasteiger partial charge in [-0.3, -0.25) is 4.79 Å². The fourth-order valence-electron chi connectivity index (χ4n) is 3.39. The number of rotatable bonds is 2. The van der Waals surface area contributed by atoms with Crippen LogP contribution in [-0.4, -0.2) is 30.0 Å². The van der Waals surface area contributed by atoms with Crippen molar-refractivity contribution < 1.29 is 13.9 Å². The molecule has 1 amide bonds. The number of ether oxygens (including phenoxy) is 1. The number of carbonyl (C=O) groups excluding carboxylic acids is 1. The van der Waals surface area contributed by atoms with E-state index < -0.39 is 5.63 Å². The van der Waals surface area contributed by atoms with Gasteiger partial charge in [0.2, 0.25) is 0 Å². The van der Waals surface area contributed by atoms with Gasteiger partial charge in [0.15, 0.2) is 11.3 Å². The van der Waals surface area contributed by atoms with Crippen LogP contribution in [0.5, 0.6) is 5.75 Å². The number of para-hydroxylation sites is 1. The van der Waals surface area contributed by atoms with Gasteiger partial charge in [-0.15, -0.1) is 0 Å². The van der Waals surface area contributed by atoms with E-state index in [1.54, 1.807) is 18.2 Å². The minimum Gasteiger partial charge on any atom is -0.493 e. The molecule has 2 aromatic rings. The molecule has 0 radical (unpaired) electrons. The first-order valence-electron chi connectivity index (χ1n) is 7.96. The average Bonchev–Trinajstić information content (AvgIpc) is 2.53. The molecule has 1 aliphatic heterocycles. The summed E-state index contributed by atoms with van der Waals surface area (Å²) in [5.41, 5.74) is -0.153. The van der Waals surface area contributed by atoms with Crippen LogP contribution in [0.1, 0.15) is 43.5 Å². The molecule has 5 heteroatoms. The molecule has 23 heavy (non-hydrogen) atoms. The summed E-state index contributed by atoms with van der Waals surface area (Å²) in [6.07, 6.45) is 3.03. The van der Waals surface area contributed by atoms with Gasteiger partial charge in [0.25, 0.3) is 5.91 Å². The summed E-state index contributed by atoms with van der Waals surface area (Å²) in [7, 11) is 1.52. The first-order chi connectivity index (χ1) is 11.0. The molecule has 1 fully saturated rings. The molecule has 1 aliphatic rings. The highest BCUT2D eigenvalue weighted by Gasteiger charge is 2.31. The quantitative estimate of drug-likeness (QED) is 0.799. The molecule has 2 heterocycles. The molecule has 0 saturated carbocycles. The fourth-order valence-corrected chi connectivity index (χ4v) is 3.39. The van der Waals surface area contributed by atoms with Crippen molar-refractivity contribution in [1.82, 2.24) is 4.90 Å². The Hall–Kier alpha value is -2.30. The van der Waals surface area contributed by atoms with E-state index >= 15 is 0 Å². The van der Waals surface area contributed by atoms with Gasteiger partial charge < -0.3 is 14.1 Å². The third-order valence-electron chi connectivity index (χ3n) is 4.60.